The Hall–Kier alpha value is -3.86. The highest BCUT2D eigenvalue weighted by molar-refractivity contribution is 6.04. The van der Waals surface area contributed by atoms with Gasteiger partial charge in [0.1, 0.15) is 5.56 Å². The molecule has 9 nitrogen and oxygen atoms in total. The SMILES string of the molecule is Cc1nc(F)c(NC(=O)c2cnn(C(C)(C)C)c2F)cc1-c1cc(N2CCOCC2)c2nccn2c1. The van der Waals surface area contributed by atoms with Gasteiger partial charge in [-0.1, -0.05) is 0 Å². The van der Waals surface area contributed by atoms with E-state index in [1.165, 1.54) is 6.07 Å². The van der Waals surface area contributed by atoms with Gasteiger partial charge in [-0.25, -0.2) is 14.6 Å². The smallest absolute Gasteiger partial charge is 0.262 e. The Balaban J connectivity index is 1.52. The Labute approximate surface area is 206 Å². The van der Waals surface area contributed by atoms with Crippen LogP contribution in [0.2, 0.25) is 0 Å². The molecule has 4 aromatic rings. The van der Waals surface area contributed by atoms with Crippen LogP contribution in [0.25, 0.3) is 16.8 Å². The van der Waals surface area contributed by atoms with Crippen molar-refractivity contribution < 1.29 is 18.3 Å². The van der Waals surface area contributed by atoms with Crippen LogP contribution in [0, 0.1) is 18.8 Å². The molecule has 36 heavy (non-hydrogen) atoms. The van der Waals surface area contributed by atoms with Gasteiger partial charge >= 0.3 is 0 Å². The fourth-order valence-electron chi connectivity index (χ4n) is 4.30. The van der Waals surface area contributed by atoms with Gasteiger partial charge in [0.2, 0.25) is 11.9 Å². The number of hydrogen-bond donors (Lipinski definition) is 1. The summed E-state index contributed by atoms with van der Waals surface area (Å²) in [5.74, 6) is -2.45. The molecule has 0 saturated carbocycles. The van der Waals surface area contributed by atoms with E-state index >= 15 is 0 Å². The molecule has 5 heterocycles. The van der Waals surface area contributed by atoms with Crippen molar-refractivity contribution in [2.75, 3.05) is 36.5 Å². The molecule has 0 aromatic carbocycles. The molecule has 5 rings (SSSR count). The maximum Gasteiger partial charge on any atom is 0.262 e. The van der Waals surface area contributed by atoms with Crippen molar-refractivity contribution in [3.63, 3.8) is 0 Å². The number of anilines is 2. The first kappa shape index (κ1) is 23.9. The Morgan fingerprint density at radius 3 is 2.61 bits per heavy atom. The average Bonchev–Trinajstić information content (AvgIpc) is 3.47. The quantitative estimate of drug-likeness (QED) is 0.430. The number of carbonyl (C=O) groups excluding carboxylic acids is 1. The largest absolute Gasteiger partial charge is 0.378 e. The van der Waals surface area contributed by atoms with Gasteiger partial charge in [0.05, 0.1) is 36.3 Å². The Kier molecular flexibility index (Phi) is 5.95. The Morgan fingerprint density at radius 1 is 1.17 bits per heavy atom. The molecular weight excluding hydrogens is 468 g/mol. The summed E-state index contributed by atoms with van der Waals surface area (Å²) in [4.78, 5) is 23.5. The van der Waals surface area contributed by atoms with Crippen LogP contribution in [0.1, 0.15) is 36.8 Å². The number of ether oxygens (including phenoxy) is 1. The highest BCUT2D eigenvalue weighted by atomic mass is 19.1. The summed E-state index contributed by atoms with van der Waals surface area (Å²) in [6.07, 6.45) is 6.58. The average molecular weight is 496 g/mol. The van der Waals surface area contributed by atoms with E-state index in [0.29, 0.717) is 24.5 Å². The fraction of sp³-hybridized carbons (Fsp3) is 0.360. The minimum Gasteiger partial charge on any atom is -0.378 e. The highest BCUT2D eigenvalue weighted by Gasteiger charge is 2.26. The van der Waals surface area contributed by atoms with Gasteiger partial charge in [-0.3, -0.25) is 4.79 Å². The topological polar surface area (TPSA) is 89.6 Å². The normalized spacial score (nSPS) is 14.4. The maximum atomic E-state index is 14.8. The Morgan fingerprint density at radius 2 is 1.92 bits per heavy atom. The van der Waals surface area contributed by atoms with Crippen molar-refractivity contribution in [3.05, 3.63) is 60.1 Å². The fourth-order valence-corrected chi connectivity index (χ4v) is 4.30. The third kappa shape index (κ3) is 4.30. The first-order chi connectivity index (χ1) is 17.1. The third-order valence-corrected chi connectivity index (χ3v) is 6.14. The molecule has 188 valence electrons. The van der Waals surface area contributed by atoms with E-state index in [1.807, 2.05) is 22.9 Å². The van der Waals surface area contributed by atoms with Crippen molar-refractivity contribution in [1.82, 2.24) is 24.1 Å². The highest BCUT2D eigenvalue weighted by Crippen LogP contribution is 2.32. The zero-order valence-corrected chi connectivity index (χ0v) is 20.5. The molecule has 1 saturated heterocycles. The lowest BCUT2D eigenvalue weighted by Gasteiger charge is -2.29. The molecule has 1 N–H and O–H groups in total. The first-order valence-corrected chi connectivity index (χ1v) is 11.7. The van der Waals surface area contributed by atoms with Crippen molar-refractivity contribution in [2.45, 2.75) is 33.2 Å². The lowest BCUT2D eigenvalue weighted by Crippen LogP contribution is -2.36. The van der Waals surface area contributed by atoms with E-state index in [9.17, 15) is 13.6 Å². The van der Waals surface area contributed by atoms with Gasteiger partial charge in [0.25, 0.3) is 5.91 Å². The lowest BCUT2D eigenvalue weighted by molar-refractivity contribution is 0.102. The standard InChI is InChI=1S/C25H27F2N7O2/c1-15-17(16-11-20(32-7-9-36-10-8-32)23-28-5-6-33(23)14-16)12-19(21(26)30-15)31-24(35)18-13-29-34(22(18)27)25(2,3)4/h5-6,11-14H,7-10H2,1-4H3,(H,31,35). The summed E-state index contributed by atoms with van der Waals surface area (Å²) in [5, 5.41) is 6.44. The second-order valence-corrected chi connectivity index (χ2v) is 9.72. The second kappa shape index (κ2) is 8.98. The number of rotatable bonds is 4. The molecule has 1 aliphatic rings. The number of halogens is 2. The van der Waals surface area contributed by atoms with Crippen molar-refractivity contribution in [3.8, 4) is 11.1 Å². The molecule has 0 radical (unpaired) electrons. The van der Waals surface area contributed by atoms with E-state index in [-0.39, 0.29) is 11.3 Å². The number of imidazole rings is 1. The molecule has 1 aliphatic heterocycles. The van der Waals surface area contributed by atoms with Crippen LogP contribution < -0.4 is 10.2 Å². The number of amides is 1. The van der Waals surface area contributed by atoms with Crippen LogP contribution in [0.4, 0.5) is 20.2 Å². The van der Waals surface area contributed by atoms with E-state index in [4.69, 9.17) is 4.74 Å². The molecule has 0 spiro atoms. The Bertz CT molecular complexity index is 1450. The number of aryl methyl sites for hydroxylation is 1. The van der Waals surface area contributed by atoms with E-state index in [1.54, 1.807) is 33.9 Å². The van der Waals surface area contributed by atoms with Crippen LogP contribution in [0.5, 0.6) is 0 Å². The van der Waals surface area contributed by atoms with Crippen LogP contribution in [0.15, 0.2) is 36.9 Å². The second-order valence-electron chi connectivity index (χ2n) is 9.72. The maximum absolute atomic E-state index is 14.8. The number of morpholine rings is 1. The van der Waals surface area contributed by atoms with E-state index in [2.05, 4.69) is 25.3 Å². The number of nitrogens with one attached hydrogen (secondary N) is 1. The summed E-state index contributed by atoms with van der Waals surface area (Å²) >= 11 is 0. The van der Waals surface area contributed by atoms with Crippen molar-refractivity contribution in [1.29, 1.82) is 0 Å². The molecular formula is C25H27F2N7O2. The number of carbonyl (C=O) groups is 1. The molecule has 4 aromatic heterocycles. The summed E-state index contributed by atoms with van der Waals surface area (Å²) in [5.41, 5.74) is 2.49. The minimum atomic E-state index is -0.856. The summed E-state index contributed by atoms with van der Waals surface area (Å²) in [6, 6.07) is 3.50. The van der Waals surface area contributed by atoms with Crippen molar-refractivity contribution >= 4 is 22.9 Å². The minimum absolute atomic E-state index is 0.151. The molecule has 0 unspecified atom stereocenters. The van der Waals surface area contributed by atoms with E-state index in [0.717, 1.165) is 40.9 Å². The van der Waals surface area contributed by atoms with Crippen LogP contribution >= 0.6 is 0 Å². The van der Waals surface area contributed by atoms with Crippen LogP contribution in [-0.2, 0) is 10.3 Å². The van der Waals surface area contributed by atoms with Crippen LogP contribution in [0.3, 0.4) is 0 Å². The zero-order chi connectivity index (χ0) is 25.6. The molecule has 1 fully saturated rings. The number of aromatic nitrogens is 5. The predicted molar refractivity (Wildman–Crippen MR) is 131 cm³/mol. The lowest BCUT2D eigenvalue weighted by atomic mass is 10.0. The van der Waals surface area contributed by atoms with Gasteiger partial charge in [-0.15, -0.1) is 0 Å². The molecule has 11 heteroatoms. The predicted octanol–water partition coefficient (Wildman–Crippen LogP) is 4.02. The number of pyridine rings is 2. The first-order valence-electron chi connectivity index (χ1n) is 11.7. The van der Waals surface area contributed by atoms with Gasteiger partial charge in [-0.05, 0) is 39.8 Å². The third-order valence-electron chi connectivity index (χ3n) is 6.14. The number of hydrogen-bond acceptors (Lipinski definition) is 6. The van der Waals surface area contributed by atoms with Gasteiger partial charge < -0.3 is 19.4 Å². The monoisotopic (exact) mass is 495 g/mol. The van der Waals surface area contributed by atoms with E-state index < -0.39 is 23.3 Å². The zero-order valence-electron chi connectivity index (χ0n) is 20.5. The molecule has 0 aliphatic carbocycles. The number of nitrogens with zero attached hydrogens (tertiary/aromatic N) is 6. The van der Waals surface area contributed by atoms with Gasteiger partial charge in [-0.2, -0.15) is 13.9 Å². The van der Waals surface area contributed by atoms with Crippen molar-refractivity contribution in [2.24, 2.45) is 0 Å². The van der Waals surface area contributed by atoms with Crippen LogP contribution in [-0.4, -0.2) is 56.4 Å². The summed E-state index contributed by atoms with van der Waals surface area (Å²) in [6.45, 7) is 9.68. The molecule has 0 bridgehead atoms. The molecule has 1 amide bonds. The van der Waals surface area contributed by atoms with Gasteiger partial charge in [0, 0.05) is 48.5 Å². The summed E-state index contributed by atoms with van der Waals surface area (Å²) < 4.78 is 38.2. The number of fused-ring (bicyclic) bond motifs is 1. The van der Waals surface area contributed by atoms with Gasteiger partial charge in [0.15, 0.2) is 5.65 Å². The summed E-state index contributed by atoms with van der Waals surface area (Å²) in [7, 11) is 0. The molecule has 0 atom stereocenters.